The topological polar surface area (TPSA) is 136 Å². The molecule has 2 unspecified atom stereocenters. The Morgan fingerprint density at radius 2 is 1.62 bits per heavy atom. The number of nitrogens with two attached hydrogens (primary N) is 3. The van der Waals surface area contributed by atoms with E-state index in [0.717, 1.165) is 33.2 Å². The molecule has 3 aliphatic rings. The number of benzene rings is 3. The second kappa shape index (κ2) is 5.10. The number of hydrogen-bond acceptors (Lipinski definition) is 6. The van der Waals surface area contributed by atoms with Gasteiger partial charge in [0.05, 0.1) is 6.42 Å². The Hall–Kier alpha value is -3.51. The molecular formula is C23H18N4O2. The Bertz CT molecular complexity index is 1360. The van der Waals surface area contributed by atoms with E-state index < -0.39 is 0 Å². The molecule has 0 spiro atoms. The lowest BCUT2D eigenvalue weighted by molar-refractivity contribution is 0.0890. The second-order valence-electron chi connectivity index (χ2n) is 8.22. The van der Waals surface area contributed by atoms with Gasteiger partial charge in [0.2, 0.25) is 0 Å². The predicted octanol–water partition coefficient (Wildman–Crippen LogP) is 2.98. The molecule has 3 aliphatic carbocycles. The molecule has 6 rings (SSSR count). The Morgan fingerprint density at radius 3 is 2.41 bits per heavy atom. The van der Waals surface area contributed by atoms with Crippen LogP contribution in [0.5, 0.6) is 0 Å². The zero-order chi connectivity index (χ0) is 20.2. The Morgan fingerprint density at radius 1 is 0.897 bits per heavy atom. The maximum Gasteiger partial charge on any atom is 0.171 e. The minimum Gasteiger partial charge on any atom is -0.399 e. The molecule has 3 aromatic carbocycles. The van der Waals surface area contributed by atoms with Crippen LogP contribution in [-0.4, -0.2) is 23.3 Å². The maximum absolute atomic E-state index is 12.6. The number of nitrogens with one attached hydrogen (secondary N) is 1. The molecule has 29 heavy (non-hydrogen) atoms. The van der Waals surface area contributed by atoms with Gasteiger partial charge < -0.3 is 22.6 Å². The monoisotopic (exact) mass is 382 g/mol. The average molecular weight is 382 g/mol. The Balaban J connectivity index is 1.88. The van der Waals surface area contributed by atoms with E-state index in [9.17, 15) is 9.59 Å². The molecule has 142 valence electrons. The summed E-state index contributed by atoms with van der Waals surface area (Å²) in [6, 6.07) is 8.86. The number of nitrogen functional groups attached to an aromatic ring is 2. The van der Waals surface area contributed by atoms with Gasteiger partial charge in [-0.1, -0.05) is 12.1 Å². The highest BCUT2D eigenvalue weighted by molar-refractivity contribution is 6.31. The molecular weight excluding hydrogens is 364 g/mol. The van der Waals surface area contributed by atoms with Crippen molar-refractivity contribution in [2.75, 3.05) is 11.5 Å². The van der Waals surface area contributed by atoms with Crippen molar-refractivity contribution in [2.24, 2.45) is 5.73 Å². The van der Waals surface area contributed by atoms with Gasteiger partial charge in [0.15, 0.2) is 11.6 Å². The maximum atomic E-state index is 12.6. The smallest absolute Gasteiger partial charge is 0.171 e. The van der Waals surface area contributed by atoms with Crippen molar-refractivity contribution in [2.45, 2.75) is 24.8 Å². The molecule has 7 N–H and O–H groups in total. The number of rotatable bonds is 0. The van der Waals surface area contributed by atoms with E-state index >= 15 is 0 Å². The molecule has 0 aromatic heterocycles. The fourth-order valence-electron chi connectivity index (χ4n) is 5.48. The van der Waals surface area contributed by atoms with Gasteiger partial charge in [0.1, 0.15) is 0 Å². The summed E-state index contributed by atoms with van der Waals surface area (Å²) in [6.45, 7) is 0. The zero-order valence-corrected chi connectivity index (χ0v) is 15.5. The van der Waals surface area contributed by atoms with Crippen molar-refractivity contribution in [3.8, 4) is 11.1 Å². The lowest BCUT2D eigenvalue weighted by atomic mass is 9.66. The fraction of sp³-hybridized carbons (Fsp3) is 0.174. The second-order valence-corrected chi connectivity index (χ2v) is 8.22. The highest BCUT2D eigenvalue weighted by Gasteiger charge is 2.40. The van der Waals surface area contributed by atoms with Crippen LogP contribution in [0.25, 0.3) is 21.9 Å². The molecule has 0 radical (unpaired) electrons. The van der Waals surface area contributed by atoms with E-state index in [1.165, 1.54) is 0 Å². The molecule has 6 heteroatoms. The number of hydrogen-bond donors (Lipinski definition) is 4. The zero-order valence-electron chi connectivity index (χ0n) is 15.5. The molecule has 3 aromatic rings. The summed E-state index contributed by atoms with van der Waals surface area (Å²) in [4.78, 5) is 25.2. The quantitative estimate of drug-likeness (QED) is 0.350. The SMILES string of the molecule is N=C1CC(N)C2c3c1cc(N)cc3-c1c(N)cc3c4c(ccc2c14)C(=O)CC3=O. The summed E-state index contributed by atoms with van der Waals surface area (Å²) >= 11 is 0. The van der Waals surface area contributed by atoms with Crippen LogP contribution in [0.3, 0.4) is 0 Å². The van der Waals surface area contributed by atoms with Crippen LogP contribution in [-0.2, 0) is 0 Å². The van der Waals surface area contributed by atoms with E-state index in [2.05, 4.69) is 0 Å². The van der Waals surface area contributed by atoms with Crippen LogP contribution in [0.1, 0.15) is 56.2 Å². The largest absolute Gasteiger partial charge is 0.399 e. The van der Waals surface area contributed by atoms with Gasteiger partial charge in [-0.3, -0.25) is 9.59 Å². The molecule has 0 aliphatic heterocycles. The molecule has 0 saturated heterocycles. The Kier molecular flexibility index (Phi) is 2.89. The molecule has 0 saturated carbocycles. The van der Waals surface area contributed by atoms with E-state index in [1.54, 1.807) is 6.07 Å². The number of carbonyl (C=O) groups is 2. The van der Waals surface area contributed by atoms with Crippen LogP contribution in [0, 0.1) is 5.41 Å². The number of fused-ring (bicyclic) bond motifs is 2. The number of ketones is 2. The van der Waals surface area contributed by atoms with Gasteiger partial charge in [0, 0.05) is 63.1 Å². The molecule has 2 atom stereocenters. The lowest BCUT2D eigenvalue weighted by Gasteiger charge is -2.39. The van der Waals surface area contributed by atoms with E-state index in [1.807, 2.05) is 24.3 Å². The molecule has 0 fully saturated rings. The van der Waals surface area contributed by atoms with Crippen molar-refractivity contribution in [1.82, 2.24) is 0 Å². The van der Waals surface area contributed by atoms with E-state index in [-0.39, 0.29) is 29.9 Å². The number of anilines is 2. The van der Waals surface area contributed by atoms with Gasteiger partial charge in [-0.05, 0) is 40.3 Å². The third kappa shape index (κ3) is 1.87. The van der Waals surface area contributed by atoms with Crippen LogP contribution in [0.2, 0.25) is 0 Å². The van der Waals surface area contributed by atoms with Crippen LogP contribution in [0.15, 0.2) is 30.3 Å². The first-order chi connectivity index (χ1) is 13.9. The summed E-state index contributed by atoms with van der Waals surface area (Å²) in [6.07, 6.45) is 0.306. The summed E-state index contributed by atoms with van der Waals surface area (Å²) < 4.78 is 0. The van der Waals surface area contributed by atoms with Gasteiger partial charge in [-0.2, -0.15) is 0 Å². The third-order valence-corrected chi connectivity index (χ3v) is 6.58. The van der Waals surface area contributed by atoms with Crippen LogP contribution in [0.4, 0.5) is 11.4 Å². The third-order valence-electron chi connectivity index (χ3n) is 6.58. The van der Waals surface area contributed by atoms with E-state index in [0.29, 0.717) is 40.0 Å². The summed E-state index contributed by atoms with van der Waals surface area (Å²) in [7, 11) is 0. The first-order valence-electron chi connectivity index (χ1n) is 9.59. The highest BCUT2D eigenvalue weighted by Crippen LogP contribution is 2.54. The van der Waals surface area contributed by atoms with Crippen LogP contribution < -0.4 is 17.2 Å². The number of Topliss-reactive ketones (excluding diaryl/α,β-unsaturated/α-hetero) is 2. The fourth-order valence-corrected chi connectivity index (χ4v) is 5.48. The molecule has 6 nitrogen and oxygen atoms in total. The predicted molar refractivity (Wildman–Crippen MR) is 113 cm³/mol. The summed E-state index contributed by atoms with van der Waals surface area (Å²) in [5, 5.41) is 9.98. The minimum atomic E-state index is -0.279. The Labute approximate surface area is 166 Å². The van der Waals surface area contributed by atoms with Crippen molar-refractivity contribution in [3.63, 3.8) is 0 Å². The van der Waals surface area contributed by atoms with Crippen molar-refractivity contribution in [1.29, 1.82) is 5.41 Å². The first-order valence-corrected chi connectivity index (χ1v) is 9.59. The van der Waals surface area contributed by atoms with Gasteiger partial charge in [-0.25, -0.2) is 0 Å². The molecule has 0 bridgehead atoms. The summed E-state index contributed by atoms with van der Waals surface area (Å²) in [5.74, 6) is -0.511. The minimum absolute atomic E-state index is 0.131. The summed E-state index contributed by atoms with van der Waals surface area (Å²) in [5.41, 5.74) is 26.1. The normalized spacial score (nSPS) is 21.5. The lowest BCUT2D eigenvalue weighted by Crippen LogP contribution is -2.38. The van der Waals surface area contributed by atoms with Gasteiger partial charge in [0.25, 0.3) is 0 Å². The van der Waals surface area contributed by atoms with Crippen molar-refractivity contribution in [3.05, 3.63) is 58.1 Å². The van der Waals surface area contributed by atoms with Gasteiger partial charge >= 0.3 is 0 Å². The van der Waals surface area contributed by atoms with Crippen LogP contribution >= 0.6 is 0 Å². The molecule has 0 heterocycles. The van der Waals surface area contributed by atoms with Crippen molar-refractivity contribution >= 4 is 39.4 Å². The standard InChI is InChI=1S/C23H18N4O2/c24-8-3-11-14(25)6-16(27)21-10-2-1-9-17(28)7-18(29)12-5-15(26)22(23(10)19(9)12)13(4-8)20(11)21/h1-5,16,21,25H,6-7,24,26-27H2. The first kappa shape index (κ1) is 16.4. The number of carbonyl (C=O) groups excluding carboxylic acids is 2. The highest BCUT2D eigenvalue weighted by atomic mass is 16.1. The van der Waals surface area contributed by atoms with E-state index in [4.69, 9.17) is 22.6 Å². The molecule has 0 amide bonds. The van der Waals surface area contributed by atoms with Crippen molar-refractivity contribution < 1.29 is 9.59 Å². The average Bonchev–Trinajstić information content (AvgIpc) is 2.66. The van der Waals surface area contributed by atoms with Gasteiger partial charge in [-0.15, -0.1) is 0 Å².